The molecule has 0 spiro atoms. The first-order valence-corrected chi connectivity index (χ1v) is 5.72. The number of likely N-dealkylation sites (N-methyl/N-ethyl adjacent to an activating group) is 1. The highest BCUT2D eigenvalue weighted by molar-refractivity contribution is 6.06. The molecule has 0 saturated carbocycles. The van der Waals surface area contributed by atoms with Gasteiger partial charge in [-0.2, -0.15) is 0 Å². The molecule has 1 heterocycles. The van der Waals surface area contributed by atoms with Crippen LogP contribution in [0, 0.1) is 0 Å². The zero-order chi connectivity index (χ0) is 13.1. The summed E-state index contributed by atoms with van der Waals surface area (Å²) in [5.41, 5.74) is 1.31. The number of para-hydroxylation sites is 1. The first-order valence-electron chi connectivity index (χ1n) is 5.72. The second kappa shape index (κ2) is 4.91. The van der Waals surface area contributed by atoms with E-state index in [-0.39, 0.29) is 11.8 Å². The van der Waals surface area contributed by atoms with E-state index in [0.717, 1.165) is 10.9 Å². The normalized spacial score (nSPS) is 12.1. The number of carbonyl (C=O) groups is 2. The van der Waals surface area contributed by atoms with E-state index in [2.05, 4.69) is 15.6 Å². The van der Waals surface area contributed by atoms with E-state index in [1.807, 2.05) is 18.2 Å². The van der Waals surface area contributed by atoms with Crippen molar-refractivity contribution >= 4 is 22.7 Å². The number of aromatic nitrogens is 1. The third-order valence-corrected chi connectivity index (χ3v) is 2.82. The van der Waals surface area contributed by atoms with Gasteiger partial charge in [-0.1, -0.05) is 12.1 Å². The number of H-pyrrole nitrogens is 1. The first kappa shape index (κ1) is 12.2. The van der Waals surface area contributed by atoms with Crippen LogP contribution in [0.15, 0.2) is 30.5 Å². The summed E-state index contributed by atoms with van der Waals surface area (Å²) in [5, 5.41) is 6.12. The number of hydrogen-bond donors (Lipinski definition) is 3. The van der Waals surface area contributed by atoms with Crippen LogP contribution >= 0.6 is 0 Å². The summed E-state index contributed by atoms with van der Waals surface area (Å²) in [6, 6.07) is 6.80. The van der Waals surface area contributed by atoms with Crippen LogP contribution in [0.3, 0.4) is 0 Å². The van der Waals surface area contributed by atoms with Crippen LogP contribution in [0.5, 0.6) is 0 Å². The van der Waals surface area contributed by atoms with Gasteiger partial charge in [-0.05, 0) is 19.1 Å². The Morgan fingerprint density at radius 2 is 2.06 bits per heavy atom. The van der Waals surface area contributed by atoms with E-state index in [4.69, 9.17) is 0 Å². The molecule has 18 heavy (non-hydrogen) atoms. The second-order valence-corrected chi connectivity index (χ2v) is 4.06. The predicted octanol–water partition coefficient (Wildman–Crippen LogP) is 1.03. The smallest absolute Gasteiger partial charge is 0.254 e. The van der Waals surface area contributed by atoms with E-state index in [1.165, 1.54) is 7.05 Å². The molecule has 0 saturated heterocycles. The van der Waals surface area contributed by atoms with Gasteiger partial charge in [-0.25, -0.2) is 0 Å². The zero-order valence-electron chi connectivity index (χ0n) is 10.3. The van der Waals surface area contributed by atoms with Crippen molar-refractivity contribution in [3.05, 3.63) is 36.0 Å². The van der Waals surface area contributed by atoms with Crippen molar-refractivity contribution in [3.8, 4) is 0 Å². The SMILES string of the molecule is CNC(=O)C(C)NC(=O)c1cccc2cc[nH]c12. The van der Waals surface area contributed by atoms with Crippen molar-refractivity contribution < 1.29 is 9.59 Å². The van der Waals surface area contributed by atoms with Gasteiger partial charge in [0.25, 0.3) is 5.91 Å². The lowest BCUT2D eigenvalue weighted by Gasteiger charge is -2.12. The van der Waals surface area contributed by atoms with Gasteiger partial charge in [0.1, 0.15) is 6.04 Å². The number of aromatic amines is 1. The summed E-state index contributed by atoms with van der Waals surface area (Å²) in [4.78, 5) is 26.5. The highest BCUT2D eigenvalue weighted by Crippen LogP contribution is 2.16. The van der Waals surface area contributed by atoms with Gasteiger partial charge in [-0.15, -0.1) is 0 Å². The minimum Gasteiger partial charge on any atom is -0.361 e. The molecule has 1 aromatic heterocycles. The molecule has 0 aliphatic rings. The molecular weight excluding hydrogens is 230 g/mol. The third-order valence-electron chi connectivity index (χ3n) is 2.82. The number of nitrogens with one attached hydrogen (secondary N) is 3. The molecule has 0 aliphatic heterocycles. The molecule has 0 fully saturated rings. The third kappa shape index (κ3) is 2.20. The maximum absolute atomic E-state index is 12.1. The van der Waals surface area contributed by atoms with Gasteiger partial charge in [0.2, 0.25) is 5.91 Å². The topological polar surface area (TPSA) is 74.0 Å². The van der Waals surface area contributed by atoms with Crippen LogP contribution in [0.2, 0.25) is 0 Å². The summed E-state index contributed by atoms with van der Waals surface area (Å²) in [7, 11) is 1.54. The molecule has 94 valence electrons. The lowest BCUT2D eigenvalue weighted by atomic mass is 10.1. The van der Waals surface area contributed by atoms with E-state index in [0.29, 0.717) is 5.56 Å². The molecule has 1 unspecified atom stereocenters. The monoisotopic (exact) mass is 245 g/mol. The molecule has 5 heteroatoms. The van der Waals surface area contributed by atoms with Crippen molar-refractivity contribution in [2.75, 3.05) is 7.05 Å². The lowest BCUT2D eigenvalue weighted by Crippen LogP contribution is -2.43. The molecule has 0 radical (unpaired) electrons. The number of fused-ring (bicyclic) bond motifs is 1. The molecule has 2 aromatic rings. The molecule has 3 N–H and O–H groups in total. The van der Waals surface area contributed by atoms with Gasteiger partial charge in [-0.3, -0.25) is 9.59 Å². The number of hydrogen-bond acceptors (Lipinski definition) is 2. The van der Waals surface area contributed by atoms with Crippen LogP contribution in [-0.4, -0.2) is 29.9 Å². The fourth-order valence-electron chi connectivity index (χ4n) is 1.83. The minimum absolute atomic E-state index is 0.220. The number of benzene rings is 1. The van der Waals surface area contributed by atoms with Gasteiger partial charge in [0.15, 0.2) is 0 Å². The van der Waals surface area contributed by atoms with E-state index >= 15 is 0 Å². The van der Waals surface area contributed by atoms with Crippen molar-refractivity contribution in [1.82, 2.24) is 15.6 Å². The average molecular weight is 245 g/mol. The van der Waals surface area contributed by atoms with E-state index in [9.17, 15) is 9.59 Å². The summed E-state index contributed by atoms with van der Waals surface area (Å²) < 4.78 is 0. The van der Waals surface area contributed by atoms with Gasteiger partial charge in [0.05, 0.1) is 11.1 Å². The molecule has 5 nitrogen and oxygen atoms in total. The lowest BCUT2D eigenvalue weighted by molar-refractivity contribution is -0.122. The Morgan fingerprint density at radius 1 is 1.28 bits per heavy atom. The Labute approximate surface area is 105 Å². The Morgan fingerprint density at radius 3 is 2.78 bits per heavy atom. The van der Waals surface area contributed by atoms with Crippen molar-refractivity contribution in [3.63, 3.8) is 0 Å². The molecule has 1 atom stereocenters. The quantitative estimate of drug-likeness (QED) is 0.755. The van der Waals surface area contributed by atoms with Crippen LogP contribution in [0.25, 0.3) is 10.9 Å². The average Bonchev–Trinajstić information content (AvgIpc) is 2.85. The molecular formula is C13H15N3O2. The zero-order valence-corrected chi connectivity index (χ0v) is 10.3. The van der Waals surface area contributed by atoms with Crippen molar-refractivity contribution in [2.45, 2.75) is 13.0 Å². The van der Waals surface area contributed by atoms with Crippen LogP contribution in [0.4, 0.5) is 0 Å². The maximum atomic E-state index is 12.1. The molecule has 1 aromatic carbocycles. The van der Waals surface area contributed by atoms with E-state index < -0.39 is 6.04 Å². The van der Waals surface area contributed by atoms with Crippen molar-refractivity contribution in [2.24, 2.45) is 0 Å². The Balaban J connectivity index is 2.24. The highest BCUT2D eigenvalue weighted by Gasteiger charge is 2.17. The van der Waals surface area contributed by atoms with Gasteiger partial charge >= 0.3 is 0 Å². The Hall–Kier alpha value is -2.30. The number of rotatable bonds is 3. The van der Waals surface area contributed by atoms with Crippen LogP contribution < -0.4 is 10.6 Å². The molecule has 0 aliphatic carbocycles. The summed E-state index contributed by atoms with van der Waals surface area (Å²) >= 11 is 0. The maximum Gasteiger partial charge on any atom is 0.254 e. The summed E-state index contributed by atoms with van der Waals surface area (Å²) in [6.45, 7) is 1.64. The standard InChI is InChI=1S/C13H15N3O2/c1-8(12(17)14-2)16-13(18)10-5-3-4-9-6-7-15-11(9)10/h3-8,15H,1-2H3,(H,14,17)(H,16,18). The Kier molecular flexibility index (Phi) is 3.32. The Bertz CT molecular complexity index is 589. The second-order valence-electron chi connectivity index (χ2n) is 4.06. The van der Waals surface area contributed by atoms with Crippen LogP contribution in [0.1, 0.15) is 17.3 Å². The minimum atomic E-state index is -0.562. The molecule has 2 rings (SSSR count). The van der Waals surface area contributed by atoms with Gasteiger partial charge < -0.3 is 15.6 Å². The molecule has 0 bridgehead atoms. The van der Waals surface area contributed by atoms with E-state index in [1.54, 1.807) is 19.2 Å². The molecule has 2 amide bonds. The van der Waals surface area contributed by atoms with Crippen molar-refractivity contribution in [1.29, 1.82) is 0 Å². The highest BCUT2D eigenvalue weighted by atomic mass is 16.2. The summed E-state index contributed by atoms with van der Waals surface area (Å²) in [6.07, 6.45) is 1.78. The first-order chi connectivity index (χ1) is 8.63. The van der Waals surface area contributed by atoms with Gasteiger partial charge in [0, 0.05) is 18.6 Å². The summed E-state index contributed by atoms with van der Waals surface area (Å²) in [5.74, 6) is -0.485. The fraction of sp³-hybridized carbons (Fsp3) is 0.231. The fourth-order valence-corrected chi connectivity index (χ4v) is 1.83. The largest absolute Gasteiger partial charge is 0.361 e. The van der Waals surface area contributed by atoms with Crippen LogP contribution in [-0.2, 0) is 4.79 Å². The number of amides is 2. The predicted molar refractivity (Wildman–Crippen MR) is 69.3 cm³/mol. The number of carbonyl (C=O) groups excluding carboxylic acids is 2.